The van der Waals surface area contributed by atoms with Gasteiger partial charge >= 0.3 is 11.9 Å². The second-order valence-electron chi connectivity index (χ2n) is 25.4. The van der Waals surface area contributed by atoms with Crippen molar-refractivity contribution in [2.45, 2.75) is 373 Å². The summed E-state index contributed by atoms with van der Waals surface area (Å²) in [6.07, 6.45) is 117. The molecule has 0 aromatic heterocycles. The molecule has 0 aromatic carbocycles. The van der Waals surface area contributed by atoms with Gasteiger partial charge in [0.25, 0.3) is 0 Å². The lowest BCUT2D eigenvalue weighted by Gasteiger charge is -2.15. The van der Waals surface area contributed by atoms with Crippen molar-refractivity contribution in [2.24, 2.45) is 0 Å². The Kier molecular flexibility index (Phi) is 74.8. The van der Waals surface area contributed by atoms with Crippen LogP contribution in [0.4, 0.5) is 0 Å². The van der Waals surface area contributed by atoms with Crippen LogP contribution in [0.3, 0.4) is 0 Å². The molecule has 1 atom stereocenters. The van der Waals surface area contributed by atoms with Crippen LogP contribution in [-0.2, 0) is 19.1 Å². The van der Waals surface area contributed by atoms with Gasteiger partial charge < -0.3 is 14.6 Å². The first kappa shape index (κ1) is 85.0. The molecule has 0 spiro atoms. The minimum absolute atomic E-state index is 0.0776. The van der Waals surface area contributed by atoms with E-state index < -0.39 is 6.10 Å². The van der Waals surface area contributed by atoms with E-state index in [0.717, 1.165) is 128 Å². The van der Waals surface area contributed by atoms with Gasteiger partial charge in [0.2, 0.25) is 0 Å². The zero-order valence-electron chi connectivity index (χ0n) is 58.7. The summed E-state index contributed by atoms with van der Waals surface area (Å²) in [6, 6.07) is 0. The second-order valence-corrected chi connectivity index (χ2v) is 25.4. The standard InChI is InChI=1S/C84H144O5/c1-3-5-7-9-11-13-15-17-19-21-23-25-27-29-31-33-35-37-39-41-42-43-45-47-49-51-53-55-57-59-61-63-65-67-69-71-73-75-77-79-84(87)89-82(80-85)81-88-83(86)78-76-74-72-70-68-66-64-62-60-58-56-54-52-50-48-46-44-40-38-36-34-32-30-28-26-24-22-20-18-16-14-12-10-8-6-4-2/h5,7,11,13,17,19,23,25,29,31,35,37,41-42,45,47,51,53,57,59,63,65,82,85H,3-4,6,8-10,12,14-16,18,20-22,24,26-28,30,32-34,36,38-40,43-44,46,48-50,52,54-56,58,60-62,64,66-81H2,1-2H3/b7-5-,13-11-,19-17-,25-23-,31-29-,37-35-,42-41-,47-45-,53-51-,59-57-,65-63-. The normalized spacial score (nSPS) is 13.0. The molecule has 1 N–H and O–H groups in total. The molecule has 0 aliphatic rings. The maximum Gasteiger partial charge on any atom is 0.306 e. The van der Waals surface area contributed by atoms with Gasteiger partial charge in [0.05, 0.1) is 6.61 Å². The SMILES string of the molecule is CC/C=C\C/C=C\C/C=C\C/C=C\C/C=C\C/C=C\C/C=C\C/C=C\C/C=C\C/C=C\C/C=C\CCCCCCCC(=O)OC(CO)COC(=O)CCCCCCCCCCCCCCCCCCCCCCCCCCCCCCCCCCCCCC. The molecule has 89 heavy (non-hydrogen) atoms. The van der Waals surface area contributed by atoms with Gasteiger partial charge in [-0.05, 0) is 96.3 Å². The molecule has 0 saturated carbocycles. The molecule has 510 valence electrons. The van der Waals surface area contributed by atoms with Crippen molar-refractivity contribution < 1.29 is 24.2 Å². The highest BCUT2D eigenvalue weighted by Crippen LogP contribution is 2.19. The van der Waals surface area contributed by atoms with Crippen molar-refractivity contribution in [3.63, 3.8) is 0 Å². The molecular weight excluding hydrogens is 1090 g/mol. The van der Waals surface area contributed by atoms with Crippen LogP contribution >= 0.6 is 0 Å². The largest absolute Gasteiger partial charge is 0.462 e. The molecule has 1 unspecified atom stereocenters. The lowest BCUT2D eigenvalue weighted by atomic mass is 10.0. The van der Waals surface area contributed by atoms with E-state index >= 15 is 0 Å². The van der Waals surface area contributed by atoms with Crippen LogP contribution in [0.2, 0.25) is 0 Å². The molecule has 0 aliphatic carbocycles. The summed E-state index contributed by atoms with van der Waals surface area (Å²) in [4.78, 5) is 24.7. The third kappa shape index (κ3) is 76.4. The minimum Gasteiger partial charge on any atom is -0.462 e. The topological polar surface area (TPSA) is 72.8 Å². The second kappa shape index (κ2) is 78.3. The van der Waals surface area contributed by atoms with Gasteiger partial charge in [0, 0.05) is 12.8 Å². The lowest BCUT2D eigenvalue weighted by molar-refractivity contribution is -0.161. The fourth-order valence-corrected chi connectivity index (χ4v) is 11.0. The van der Waals surface area contributed by atoms with Crippen molar-refractivity contribution >= 4 is 11.9 Å². The molecule has 0 radical (unpaired) electrons. The summed E-state index contributed by atoms with van der Waals surface area (Å²) in [7, 11) is 0. The number of hydrogen-bond acceptors (Lipinski definition) is 5. The Balaban J connectivity index is 3.52. The van der Waals surface area contributed by atoms with Gasteiger partial charge in [0.1, 0.15) is 6.61 Å². The molecule has 5 nitrogen and oxygen atoms in total. The van der Waals surface area contributed by atoms with Crippen molar-refractivity contribution in [3.8, 4) is 0 Å². The summed E-state index contributed by atoms with van der Waals surface area (Å²) in [5.41, 5.74) is 0. The maximum atomic E-state index is 12.4. The van der Waals surface area contributed by atoms with E-state index in [1.165, 1.54) is 212 Å². The van der Waals surface area contributed by atoms with Crippen LogP contribution in [-0.4, -0.2) is 36.4 Å². The summed E-state index contributed by atoms with van der Waals surface area (Å²) in [6.45, 7) is 4.05. The van der Waals surface area contributed by atoms with Gasteiger partial charge in [-0.25, -0.2) is 0 Å². The van der Waals surface area contributed by atoms with Crippen molar-refractivity contribution in [1.29, 1.82) is 0 Å². The number of hydrogen-bond donors (Lipinski definition) is 1. The molecule has 0 heterocycles. The predicted octanol–water partition coefficient (Wildman–Crippen LogP) is 27.0. The van der Waals surface area contributed by atoms with E-state index in [0.29, 0.717) is 12.8 Å². The molecule has 0 aromatic rings. The average molecular weight is 1230 g/mol. The fourth-order valence-electron chi connectivity index (χ4n) is 11.0. The molecule has 5 heteroatoms. The van der Waals surface area contributed by atoms with Crippen molar-refractivity contribution in [2.75, 3.05) is 13.2 Å². The van der Waals surface area contributed by atoms with Gasteiger partial charge in [0.15, 0.2) is 6.10 Å². The summed E-state index contributed by atoms with van der Waals surface area (Å²) < 4.78 is 10.8. The first-order valence-electron chi connectivity index (χ1n) is 38.2. The van der Waals surface area contributed by atoms with Crippen LogP contribution < -0.4 is 0 Å². The highest BCUT2D eigenvalue weighted by Gasteiger charge is 2.16. The van der Waals surface area contributed by atoms with Gasteiger partial charge in [-0.1, -0.05) is 392 Å². The molecule has 0 saturated heterocycles. The molecule has 0 fully saturated rings. The highest BCUT2D eigenvalue weighted by molar-refractivity contribution is 5.70. The molecule has 0 amide bonds. The Bertz CT molecular complexity index is 1780. The lowest BCUT2D eigenvalue weighted by Crippen LogP contribution is -2.28. The summed E-state index contributed by atoms with van der Waals surface area (Å²) in [5.74, 6) is -0.606. The summed E-state index contributed by atoms with van der Waals surface area (Å²) in [5, 5.41) is 9.71. The number of ether oxygens (including phenoxy) is 2. The number of unbranched alkanes of at least 4 members (excludes halogenated alkanes) is 40. The Labute approximate surface area is 553 Å². The molecular formula is C84H144O5. The minimum atomic E-state index is -0.792. The van der Waals surface area contributed by atoms with Crippen LogP contribution in [0.15, 0.2) is 134 Å². The van der Waals surface area contributed by atoms with E-state index in [1.54, 1.807) is 0 Å². The van der Waals surface area contributed by atoms with Gasteiger partial charge in [-0.15, -0.1) is 0 Å². The fraction of sp³-hybridized carbons (Fsp3) is 0.714. The van der Waals surface area contributed by atoms with Crippen molar-refractivity contribution in [3.05, 3.63) is 134 Å². The summed E-state index contributed by atoms with van der Waals surface area (Å²) >= 11 is 0. The van der Waals surface area contributed by atoms with E-state index in [2.05, 4.69) is 148 Å². The molecule has 0 aliphatic heterocycles. The van der Waals surface area contributed by atoms with E-state index in [4.69, 9.17) is 9.47 Å². The number of rotatable bonds is 70. The van der Waals surface area contributed by atoms with E-state index in [9.17, 15) is 14.7 Å². The van der Waals surface area contributed by atoms with E-state index in [-0.39, 0.29) is 25.2 Å². The first-order chi connectivity index (χ1) is 44.1. The number of carbonyl (C=O) groups is 2. The highest BCUT2D eigenvalue weighted by atomic mass is 16.6. The van der Waals surface area contributed by atoms with Gasteiger partial charge in [-0.3, -0.25) is 9.59 Å². The van der Waals surface area contributed by atoms with Crippen LogP contribution in [0.1, 0.15) is 367 Å². The number of carbonyl (C=O) groups excluding carboxylic acids is 2. The number of aliphatic hydroxyl groups excluding tert-OH is 1. The Hall–Kier alpha value is -3.96. The zero-order chi connectivity index (χ0) is 64.0. The Morgan fingerprint density at radius 3 is 0.730 bits per heavy atom. The number of allylic oxidation sites excluding steroid dienone is 22. The third-order valence-corrected chi connectivity index (χ3v) is 16.7. The quantitative estimate of drug-likeness (QED) is 0.0373. The number of esters is 2. The van der Waals surface area contributed by atoms with Gasteiger partial charge in [-0.2, -0.15) is 0 Å². The monoisotopic (exact) mass is 1230 g/mol. The number of aliphatic hydroxyl groups is 1. The van der Waals surface area contributed by atoms with Crippen LogP contribution in [0, 0.1) is 0 Å². The Morgan fingerprint density at radius 1 is 0.270 bits per heavy atom. The van der Waals surface area contributed by atoms with Crippen LogP contribution in [0.5, 0.6) is 0 Å². The van der Waals surface area contributed by atoms with E-state index in [1.807, 2.05) is 0 Å². The smallest absolute Gasteiger partial charge is 0.306 e. The Morgan fingerprint density at radius 2 is 0.483 bits per heavy atom. The van der Waals surface area contributed by atoms with Crippen LogP contribution in [0.25, 0.3) is 0 Å². The van der Waals surface area contributed by atoms with Crippen molar-refractivity contribution in [1.82, 2.24) is 0 Å². The zero-order valence-corrected chi connectivity index (χ0v) is 58.7. The first-order valence-corrected chi connectivity index (χ1v) is 38.2. The third-order valence-electron chi connectivity index (χ3n) is 16.7. The average Bonchev–Trinajstić information content (AvgIpc) is 3.55. The predicted molar refractivity (Wildman–Crippen MR) is 394 cm³/mol. The maximum absolute atomic E-state index is 12.4. The molecule has 0 rings (SSSR count). The molecule has 0 bridgehead atoms.